The van der Waals surface area contributed by atoms with Crippen molar-refractivity contribution in [3.63, 3.8) is 0 Å². The summed E-state index contributed by atoms with van der Waals surface area (Å²) < 4.78 is 5.83. The number of hydrogen-bond donors (Lipinski definition) is 1. The molecule has 16 heavy (non-hydrogen) atoms. The molecule has 1 N–H and O–H groups in total. The molecule has 1 aromatic rings. The minimum absolute atomic E-state index is 0.0198. The van der Waals surface area contributed by atoms with Gasteiger partial charge in [-0.15, -0.1) is 11.3 Å². The number of nitrogens with one attached hydrogen (secondary N) is 1. The first-order valence-electron chi connectivity index (χ1n) is 6.00. The third-order valence-electron chi connectivity index (χ3n) is 3.55. The first kappa shape index (κ1) is 10.7. The Hall–Kier alpha value is -0.420. The van der Waals surface area contributed by atoms with Gasteiger partial charge in [-0.1, -0.05) is 6.07 Å². The van der Waals surface area contributed by atoms with E-state index in [0.717, 1.165) is 45.6 Å². The maximum atomic E-state index is 5.83. The van der Waals surface area contributed by atoms with Crippen LogP contribution in [0.15, 0.2) is 17.5 Å². The number of thiophene rings is 1. The van der Waals surface area contributed by atoms with Crippen LogP contribution in [0.2, 0.25) is 0 Å². The minimum Gasteiger partial charge on any atom is -0.359 e. The summed E-state index contributed by atoms with van der Waals surface area (Å²) in [5.74, 6) is 0. The van der Waals surface area contributed by atoms with Gasteiger partial charge in [0.25, 0.3) is 0 Å². The van der Waals surface area contributed by atoms with Crippen LogP contribution in [0.1, 0.15) is 17.7 Å². The lowest BCUT2D eigenvalue weighted by molar-refractivity contribution is -0.0575. The number of piperidine rings is 1. The lowest BCUT2D eigenvalue weighted by Crippen LogP contribution is -2.50. The molecule has 0 saturated carbocycles. The highest BCUT2D eigenvalue weighted by atomic mass is 32.1. The predicted octanol–water partition coefficient (Wildman–Crippen LogP) is 1.66. The van der Waals surface area contributed by atoms with E-state index in [1.807, 2.05) is 11.3 Å². The molecule has 2 saturated heterocycles. The number of nitrogens with zero attached hydrogens (tertiary/aromatic N) is 1. The van der Waals surface area contributed by atoms with E-state index in [-0.39, 0.29) is 5.72 Å². The van der Waals surface area contributed by atoms with Crippen LogP contribution in [0, 0.1) is 0 Å². The van der Waals surface area contributed by atoms with Crippen LogP contribution >= 0.6 is 11.3 Å². The first-order valence-corrected chi connectivity index (χ1v) is 6.88. The van der Waals surface area contributed by atoms with Gasteiger partial charge in [-0.05, 0) is 11.4 Å². The van der Waals surface area contributed by atoms with E-state index in [0.29, 0.717) is 0 Å². The van der Waals surface area contributed by atoms with Gasteiger partial charge >= 0.3 is 0 Å². The van der Waals surface area contributed by atoms with E-state index in [1.54, 1.807) is 0 Å². The SMILES string of the molecule is c1csc(CN2CCC3(CC2)NCCO3)c1. The monoisotopic (exact) mass is 238 g/mol. The molecule has 0 bridgehead atoms. The van der Waals surface area contributed by atoms with Gasteiger partial charge in [-0.2, -0.15) is 0 Å². The van der Waals surface area contributed by atoms with Crippen LogP contribution in [0.25, 0.3) is 0 Å². The molecule has 1 aromatic heterocycles. The fourth-order valence-corrected chi connectivity index (χ4v) is 3.34. The summed E-state index contributed by atoms with van der Waals surface area (Å²) in [6.07, 6.45) is 2.25. The molecule has 0 amide bonds. The van der Waals surface area contributed by atoms with Crippen LogP contribution in [0.5, 0.6) is 0 Å². The summed E-state index contributed by atoms with van der Waals surface area (Å²) in [7, 11) is 0. The van der Waals surface area contributed by atoms with E-state index >= 15 is 0 Å². The Bertz CT molecular complexity index is 323. The topological polar surface area (TPSA) is 24.5 Å². The highest BCUT2D eigenvalue weighted by Gasteiger charge is 2.37. The molecule has 4 heteroatoms. The Labute approximate surface area is 100 Å². The van der Waals surface area contributed by atoms with Crippen LogP contribution in [0.4, 0.5) is 0 Å². The average molecular weight is 238 g/mol. The lowest BCUT2D eigenvalue weighted by atomic mass is 10.0. The summed E-state index contributed by atoms with van der Waals surface area (Å²) in [6, 6.07) is 4.35. The fourth-order valence-electron chi connectivity index (χ4n) is 2.59. The molecular formula is C12H18N2OS. The number of ether oxygens (including phenoxy) is 1. The Kier molecular flexibility index (Phi) is 2.98. The molecule has 0 aliphatic carbocycles. The molecule has 2 fully saturated rings. The van der Waals surface area contributed by atoms with E-state index in [4.69, 9.17) is 4.74 Å². The van der Waals surface area contributed by atoms with Gasteiger partial charge in [-0.3, -0.25) is 10.2 Å². The second-order valence-corrected chi connectivity index (χ2v) is 5.66. The van der Waals surface area contributed by atoms with Crippen molar-refractivity contribution < 1.29 is 4.74 Å². The molecule has 0 atom stereocenters. The molecule has 0 aromatic carbocycles. The molecular weight excluding hydrogens is 220 g/mol. The zero-order valence-corrected chi connectivity index (χ0v) is 10.3. The molecule has 88 valence electrons. The second-order valence-electron chi connectivity index (χ2n) is 4.63. The number of rotatable bonds is 2. The standard InChI is InChI=1S/C12H18N2OS/c1-2-11(16-9-1)10-14-6-3-12(4-7-14)13-5-8-15-12/h1-2,9,13H,3-8,10H2. The zero-order chi connectivity index (χ0) is 10.8. The van der Waals surface area contributed by atoms with Crippen LogP contribution in [0.3, 0.4) is 0 Å². The predicted molar refractivity (Wildman–Crippen MR) is 65.5 cm³/mol. The van der Waals surface area contributed by atoms with Crippen molar-refractivity contribution >= 4 is 11.3 Å². The van der Waals surface area contributed by atoms with Crippen LogP contribution in [-0.4, -0.2) is 36.9 Å². The maximum absolute atomic E-state index is 5.83. The van der Waals surface area contributed by atoms with Gasteiger partial charge in [0.1, 0.15) is 5.72 Å². The molecule has 2 aliphatic heterocycles. The van der Waals surface area contributed by atoms with Crippen molar-refractivity contribution in [3.8, 4) is 0 Å². The molecule has 0 unspecified atom stereocenters. The number of hydrogen-bond acceptors (Lipinski definition) is 4. The van der Waals surface area contributed by atoms with E-state index in [9.17, 15) is 0 Å². The van der Waals surface area contributed by atoms with E-state index in [1.165, 1.54) is 4.88 Å². The normalized spacial score (nSPS) is 25.2. The molecule has 3 rings (SSSR count). The van der Waals surface area contributed by atoms with Crippen LogP contribution < -0.4 is 5.32 Å². The lowest BCUT2D eigenvalue weighted by Gasteiger charge is -2.38. The zero-order valence-electron chi connectivity index (χ0n) is 9.45. The Balaban J connectivity index is 1.54. The fraction of sp³-hybridized carbons (Fsp3) is 0.667. The molecule has 3 nitrogen and oxygen atoms in total. The molecule has 0 radical (unpaired) electrons. The minimum atomic E-state index is 0.0198. The highest BCUT2D eigenvalue weighted by Crippen LogP contribution is 2.27. The average Bonchev–Trinajstić information content (AvgIpc) is 2.94. The molecule has 3 heterocycles. The largest absolute Gasteiger partial charge is 0.359 e. The van der Waals surface area contributed by atoms with Crippen molar-refractivity contribution in [2.45, 2.75) is 25.1 Å². The summed E-state index contributed by atoms with van der Waals surface area (Å²) in [4.78, 5) is 4.00. The van der Waals surface area contributed by atoms with Crippen molar-refractivity contribution in [1.82, 2.24) is 10.2 Å². The van der Waals surface area contributed by atoms with Crippen LogP contribution in [-0.2, 0) is 11.3 Å². The number of likely N-dealkylation sites (tertiary alicyclic amines) is 1. The second kappa shape index (κ2) is 4.45. The summed E-state index contributed by atoms with van der Waals surface area (Å²) in [5, 5.41) is 5.66. The summed E-state index contributed by atoms with van der Waals surface area (Å²) in [6.45, 7) is 5.29. The Morgan fingerprint density at radius 1 is 1.44 bits per heavy atom. The summed E-state index contributed by atoms with van der Waals surface area (Å²) in [5.41, 5.74) is 0.0198. The van der Waals surface area contributed by atoms with Crippen molar-refractivity contribution in [2.24, 2.45) is 0 Å². The molecule has 1 spiro atoms. The van der Waals surface area contributed by atoms with Crippen molar-refractivity contribution in [3.05, 3.63) is 22.4 Å². The molecule has 2 aliphatic rings. The van der Waals surface area contributed by atoms with Crippen molar-refractivity contribution in [2.75, 3.05) is 26.2 Å². The Morgan fingerprint density at radius 3 is 2.94 bits per heavy atom. The van der Waals surface area contributed by atoms with Crippen molar-refractivity contribution in [1.29, 1.82) is 0 Å². The van der Waals surface area contributed by atoms with Gasteiger partial charge in [0.05, 0.1) is 6.61 Å². The Morgan fingerprint density at radius 2 is 2.31 bits per heavy atom. The maximum Gasteiger partial charge on any atom is 0.121 e. The van der Waals surface area contributed by atoms with Gasteiger partial charge < -0.3 is 4.74 Å². The summed E-state index contributed by atoms with van der Waals surface area (Å²) >= 11 is 1.85. The van der Waals surface area contributed by atoms with Gasteiger partial charge in [-0.25, -0.2) is 0 Å². The third-order valence-corrected chi connectivity index (χ3v) is 4.41. The third kappa shape index (κ3) is 2.15. The van der Waals surface area contributed by atoms with Gasteiger partial charge in [0.2, 0.25) is 0 Å². The van der Waals surface area contributed by atoms with Gasteiger partial charge in [0, 0.05) is 43.9 Å². The quantitative estimate of drug-likeness (QED) is 0.848. The highest BCUT2D eigenvalue weighted by molar-refractivity contribution is 7.09. The smallest absolute Gasteiger partial charge is 0.121 e. The van der Waals surface area contributed by atoms with Gasteiger partial charge in [0.15, 0.2) is 0 Å². The first-order chi connectivity index (χ1) is 7.86. The van der Waals surface area contributed by atoms with E-state index < -0.39 is 0 Å². The van der Waals surface area contributed by atoms with E-state index in [2.05, 4.69) is 27.7 Å².